The van der Waals surface area contributed by atoms with Crippen molar-refractivity contribution in [1.29, 1.82) is 0 Å². The van der Waals surface area contributed by atoms with E-state index in [9.17, 15) is 4.79 Å². The van der Waals surface area contributed by atoms with Crippen molar-refractivity contribution < 1.29 is 28.8 Å². The standard InChI is InChI=1S/C26H50N2O6Si/c1-19-10-11-20(16-22(29)27-14-15-28(5)6)26(32-23(33-34-26)35(7,8)9)21(19)12-13-25(4)30-17-24(2,3)18-31-25/h19-21,23H,10-18H2,1-9H3,(H,27,29)/t19-,20?,21+,23?,26?/m1/s1. The average Bonchev–Trinajstić information content (AvgIpc) is 3.19. The van der Waals surface area contributed by atoms with Gasteiger partial charge in [-0.25, -0.2) is 4.89 Å². The largest absolute Gasteiger partial charge is 0.355 e. The van der Waals surface area contributed by atoms with Gasteiger partial charge < -0.3 is 24.4 Å². The van der Waals surface area contributed by atoms with Crippen molar-refractivity contribution in [3.63, 3.8) is 0 Å². The van der Waals surface area contributed by atoms with Crippen LogP contribution in [0.5, 0.6) is 0 Å². The summed E-state index contributed by atoms with van der Waals surface area (Å²) in [4.78, 5) is 27.1. The molecule has 1 spiro atoms. The number of nitrogens with one attached hydrogen (secondary N) is 1. The van der Waals surface area contributed by atoms with Crippen LogP contribution in [0.2, 0.25) is 19.6 Å². The first-order valence-corrected chi connectivity index (χ1v) is 17.0. The molecule has 5 atom stereocenters. The van der Waals surface area contributed by atoms with Gasteiger partial charge in [0.15, 0.2) is 11.7 Å². The smallest absolute Gasteiger partial charge is 0.220 e. The molecule has 0 bridgehead atoms. The monoisotopic (exact) mass is 514 g/mol. The summed E-state index contributed by atoms with van der Waals surface area (Å²) in [5, 5.41) is 3.07. The molecule has 0 aromatic rings. The molecule has 0 aromatic carbocycles. The Kier molecular flexibility index (Phi) is 9.16. The van der Waals surface area contributed by atoms with E-state index in [1.807, 2.05) is 21.0 Å². The average molecular weight is 515 g/mol. The molecule has 35 heavy (non-hydrogen) atoms. The summed E-state index contributed by atoms with van der Waals surface area (Å²) in [6, 6.07) is 0. The van der Waals surface area contributed by atoms with Gasteiger partial charge in [-0.1, -0.05) is 40.4 Å². The van der Waals surface area contributed by atoms with E-state index in [-0.39, 0.29) is 29.1 Å². The molecule has 2 saturated heterocycles. The number of nitrogens with zero attached hydrogens (tertiary/aromatic N) is 1. The Labute approximate surface area is 213 Å². The number of likely N-dealkylation sites (N-methyl/N-ethyl adjacent to an activating group) is 1. The molecule has 0 radical (unpaired) electrons. The third-order valence-corrected chi connectivity index (χ3v) is 9.39. The number of carbonyl (C=O) groups is 1. The quantitative estimate of drug-likeness (QED) is 0.366. The van der Waals surface area contributed by atoms with Crippen LogP contribution < -0.4 is 5.32 Å². The fraction of sp³-hybridized carbons (Fsp3) is 0.962. The van der Waals surface area contributed by atoms with Crippen molar-refractivity contribution in [2.24, 2.45) is 23.2 Å². The highest BCUT2D eigenvalue weighted by Crippen LogP contribution is 2.53. The van der Waals surface area contributed by atoms with Gasteiger partial charge in [-0.2, -0.15) is 4.89 Å². The Balaban J connectivity index is 1.76. The van der Waals surface area contributed by atoms with E-state index < -0.39 is 19.6 Å². The highest BCUT2D eigenvalue weighted by atomic mass is 28.3. The number of amides is 1. The zero-order chi connectivity index (χ0) is 26.1. The molecule has 0 aromatic heterocycles. The second-order valence-electron chi connectivity index (χ2n) is 13.3. The van der Waals surface area contributed by atoms with Crippen molar-refractivity contribution in [2.45, 2.75) is 96.9 Å². The van der Waals surface area contributed by atoms with E-state index >= 15 is 0 Å². The molecule has 8 nitrogen and oxygen atoms in total. The number of ether oxygens (including phenoxy) is 3. The maximum absolute atomic E-state index is 12.9. The lowest BCUT2D eigenvalue weighted by atomic mass is 9.67. The lowest BCUT2D eigenvalue weighted by Crippen LogP contribution is -2.55. The van der Waals surface area contributed by atoms with E-state index in [1.165, 1.54) is 0 Å². The summed E-state index contributed by atoms with van der Waals surface area (Å²) in [6.07, 6.45) is 3.83. The van der Waals surface area contributed by atoms with Gasteiger partial charge in [0.25, 0.3) is 0 Å². The predicted molar refractivity (Wildman–Crippen MR) is 138 cm³/mol. The van der Waals surface area contributed by atoms with Crippen molar-refractivity contribution in [1.82, 2.24) is 10.2 Å². The van der Waals surface area contributed by atoms with Gasteiger partial charge in [0.2, 0.25) is 11.7 Å². The van der Waals surface area contributed by atoms with Crippen LogP contribution in [0.25, 0.3) is 0 Å². The molecule has 1 N–H and O–H groups in total. The zero-order valence-electron chi connectivity index (χ0n) is 23.6. The van der Waals surface area contributed by atoms with Crippen LogP contribution in [0, 0.1) is 23.2 Å². The first kappa shape index (κ1) is 29.0. The Morgan fingerprint density at radius 1 is 1.09 bits per heavy atom. The Bertz CT molecular complexity index is 717. The second kappa shape index (κ2) is 11.1. The molecule has 3 fully saturated rings. The fourth-order valence-electron chi connectivity index (χ4n) is 5.31. The Morgan fingerprint density at radius 3 is 2.31 bits per heavy atom. The van der Waals surface area contributed by atoms with Gasteiger partial charge in [0, 0.05) is 43.2 Å². The molecule has 2 aliphatic heterocycles. The number of carbonyl (C=O) groups excluding carboxylic acids is 1. The summed E-state index contributed by atoms with van der Waals surface area (Å²) >= 11 is 0. The molecule has 1 saturated carbocycles. The highest BCUT2D eigenvalue weighted by molar-refractivity contribution is 6.77. The van der Waals surface area contributed by atoms with Crippen LogP contribution >= 0.6 is 0 Å². The molecule has 1 amide bonds. The molecule has 9 heteroatoms. The second-order valence-corrected chi connectivity index (χ2v) is 18.5. The molecule has 204 valence electrons. The van der Waals surface area contributed by atoms with Crippen molar-refractivity contribution >= 4 is 14.0 Å². The van der Waals surface area contributed by atoms with Gasteiger partial charge >= 0.3 is 0 Å². The summed E-state index contributed by atoms with van der Waals surface area (Å²) < 4.78 is 19.1. The van der Waals surface area contributed by atoms with E-state index in [1.54, 1.807) is 0 Å². The third kappa shape index (κ3) is 7.27. The summed E-state index contributed by atoms with van der Waals surface area (Å²) in [5.41, 5.74) is 0.0278. The fourth-order valence-corrected chi connectivity index (χ4v) is 6.19. The van der Waals surface area contributed by atoms with Gasteiger partial charge in [-0.15, -0.1) is 0 Å². The maximum atomic E-state index is 12.9. The van der Waals surface area contributed by atoms with Crippen LogP contribution in [0.4, 0.5) is 0 Å². The van der Waals surface area contributed by atoms with Gasteiger partial charge in [-0.05, 0) is 46.2 Å². The van der Waals surface area contributed by atoms with Gasteiger partial charge in [-0.3, -0.25) is 4.79 Å². The van der Waals surface area contributed by atoms with E-state index in [2.05, 4.69) is 50.6 Å². The summed E-state index contributed by atoms with van der Waals surface area (Å²) in [5.74, 6) is -1.47. The molecule has 3 unspecified atom stereocenters. The first-order valence-electron chi connectivity index (χ1n) is 13.4. The van der Waals surface area contributed by atoms with Crippen LogP contribution in [0.3, 0.4) is 0 Å². The van der Waals surface area contributed by atoms with E-state index in [4.69, 9.17) is 24.0 Å². The zero-order valence-corrected chi connectivity index (χ0v) is 24.6. The Hall–Kier alpha value is -0.553. The van der Waals surface area contributed by atoms with Gasteiger partial charge in [0.05, 0.1) is 13.2 Å². The normalized spacial score (nSPS) is 34.9. The first-order chi connectivity index (χ1) is 16.2. The Morgan fingerprint density at radius 2 is 1.74 bits per heavy atom. The van der Waals surface area contributed by atoms with E-state index in [0.29, 0.717) is 32.1 Å². The minimum absolute atomic E-state index is 0.0278. The van der Waals surface area contributed by atoms with Crippen molar-refractivity contribution in [2.75, 3.05) is 40.4 Å². The summed E-state index contributed by atoms with van der Waals surface area (Å²) in [7, 11) is 2.21. The minimum atomic E-state index is -1.80. The van der Waals surface area contributed by atoms with Gasteiger partial charge in [0.1, 0.15) is 8.07 Å². The van der Waals surface area contributed by atoms with Crippen molar-refractivity contribution in [3.05, 3.63) is 0 Å². The summed E-state index contributed by atoms with van der Waals surface area (Å²) in [6.45, 7) is 18.1. The molecule has 1 aliphatic carbocycles. The highest BCUT2D eigenvalue weighted by Gasteiger charge is 2.60. The lowest BCUT2D eigenvalue weighted by molar-refractivity contribution is -0.370. The molecule has 3 rings (SSSR count). The number of hydrogen-bond donors (Lipinski definition) is 1. The predicted octanol–water partition coefficient (Wildman–Crippen LogP) is 4.16. The minimum Gasteiger partial charge on any atom is -0.355 e. The molecule has 3 aliphatic rings. The molecule has 2 heterocycles. The van der Waals surface area contributed by atoms with Crippen LogP contribution in [-0.2, 0) is 28.8 Å². The van der Waals surface area contributed by atoms with Crippen LogP contribution in [0.15, 0.2) is 0 Å². The third-order valence-electron chi connectivity index (χ3n) is 7.77. The topological polar surface area (TPSA) is 78.5 Å². The lowest BCUT2D eigenvalue weighted by Gasteiger charge is -2.48. The SMILES string of the molecule is C[C@@H]1CCC(CC(=O)NCCN(C)C)C2(OOC([Si](C)(C)C)O2)[C@H]1CCC1(C)OCC(C)(C)CO1. The van der Waals surface area contributed by atoms with Crippen LogP contribution in [0.1, 0.15) is 59.8 Å². The van der Waals surface area contributed by atoms with Crippen LogP contribution in [-0.4, -0.2) is 76.8 Å². The van der Waals surface area contributed by atoms with Crippen molar-refractivity contribution in [3.8, 4) is 0 Å². The molecular weight excluding hydrogens is 464 g/mol. The number of hydrogen-bond acceptors (Lipinski definition) is 7. The maximum Gasteiger partial charge on any atom is 0.220 e. The molecular formula is C26H50N2O6Si. The van der Waals surface area contributed by atoms with E-state index in [0.717, 1.165) is 32.2 Å². The number of rotatable bonds is 9.